The first-order valence-corrected chi connectivity index (χ1v) is 7.94. The van der Waals surface area contributed by atoms with Gasteiger partial charge in [-0.25, -0.2) is 4.39 Å². The molecule has 2 N–H and O–H groups in total. The summed E-state index contributed by atoms with van der Waals surface area (Å²) in [7, 11) is 3.07. The molecule has 134 valence electrons. The van der Waals surface area contributed by atoms with E-state index in [9.17, 15) is 14.3 Å². The quantitative estimate of drug-likeness (QED) is 0.770. The van der Waals surface area contributed by atoms with Crippen LogP contribution >= 0.6 is 0 Å². The molecule has 0 saturated heterocycles. The van der Waals surface area contributed by atoms with Crippen LogP contribution < -0.4 is 14.8 Å². The monoisotopic (exact) mass is 347 g/mol. The number of amides is 1. The van der Waals surface area contributed by atoms with Crippen molar-refractivity contribution < 1.29 is 23.8 Å². The van der Waals surface area contributed by atoms with Crippen LogP contribution in [0.15, 0.2) is 42.5 Å². The summed E-state index contributed by atoms with van der Waals surface area (Å²) < 4.78 is 23.2. The Kier molecular flexibility index (Phi) is 6.77. The lowest BCUT2D eigenvalue weighted by Gasteiger charge is -2.15. The van der Waals surface area contributed by atoms with Gasteiger partial charge < -0.3 is 19.9 Å². The van der Waals surface area contributed by atoms with Crippen LogP contribution in [0.25, 0.3) is 0 Å². The van der Waals surface area contributed by atoms with E-state index in [1.54, 1.807) is 37.4 Å². The first kappa shape index (κ1) is 18.7. The molecule has 0 aromatic heterocycles. The summed E-state index contributed by atoms with van der Waals surface area (Å²) in [5, 5.41) is 13.1. The van der Waals surface area contributed by atoms with Gasteiger partial charge in [-0.3, -0.25) is 4.79 Å². The lowest BCUT2D eigenvalue weighted by atomic mass is 10.0. The van der Waals surface area contributed by atoms with Gasteiger partial charge in [0.05, 0.1) is 20.3 Å². The third-order valence-electron chi connectivity index (χ3n) is 3.85. The fraction of sp³-hybridized carbons (Fsp3) is 0.316. The Morgan fingerprint density at radius 1 is 1.16 bits per heavy atom. The van der Waals surface area contributed by atoms with Crippen molar-refractivity contribution in [2.24, 2.45) is 0 Å². The first-order chi connectivity index (χ1) is 12.0. The zero-order chi connectivity index (χ0) is 18.2. The molecular formula is C19H22FNO4. The van der Waals surface area contributed by atoms with Crippen LogP contribution in [0.3, 0.4) is 0 Å². The van der Waals surface area contributed by atoms with Crippen LogP contribution in [0.5, 0.6) is 11.5 Å². The number of benzene rings is 2. The molecule has 2 aromatic carbocycles. The van der Waals surface area contributed by atoms with Gasteiger partial charge in [-0.15, -0.1) is 0 Å². The smallest absolute Gasteiger partial charge is 0.220 e. The number of hydrogen-bond acceptors (Lipinski definition) is 4. The van der Waals surface area contributed by atoms with E-state index in [0.29, 0.717) is 23.6 Å². The Bertz CT molecular complexity index is 703. The highest BCUT2D eigenvalue weighted by Gasteiger charge is 2.15. The molecule has 2 rings (SSSR count). The van der Waals surface area contributed by atoms with Crippen molar-refractivity contribution in [2.75, 3.05) is 14.2 Å². The molecule has 1 amide bonds. The van der Waals surface area contributed by atoms with Crippen LogP contribution in [0.1, 0.15) is 30.1 Å². The number of halogens is 1. The number of nitrogens with one attached hydrogen (secondary N) is 1. The van der Waals surface area contributed by atoms with Gasteiger partial charge in [-0.2, -0.15) is 0 Å². The Morgan fingerprint density at radius 2 is 1.88 bits per heavy atom. The number of ether oxygens (including phenoxy) is 2. The molecule has 0 aliphatic heterocycles. The lowest BCUT2D eigenvalue weighted by molar-refractivity contribution is -0.121. The lowest BCUT2D eigenvalue weighted by Crippen LogP contribution is -2.23. The molecule has 6 heteroatoms. The van der Waals surface area contributed by atoms with Crippen molar-refractivity contribution in [1.29, 1.82) is 0 Å². The highest BCUT2D eigenvalue weighted by atomic mass is 19.1. The van der Waals surface area contributed by atoms with Gasteiger partial charge in [-0.1, -0.05) is 12.1 Å². The minimum Gasteiger partial charge on any atom is -0.497 e. The summed E-state index contributed by atoms with van der Waals surface area (Å²) in [4.78, 5) is 11.9. The van der Waals surface area contributed by atoms with Crippen molar-refractivity contribution in [1.82, 2.24) is 5.32 Å². The number of carbonyl (C=O) groups excluding carboxylic acids is 1. The number of methoxy groups -OCH3 is 2. The van der Waals surface area contributed by atoms with Crippen molar-refractivity contribution in [3.63, 3.8) is 0 Å². The summed E-state index contributed by atoms with van der Waals surface area (Å²) in [6, 6.07) is 11.1. The Hall–Kier alpha value is -2.60. The highest BCUT2D eigenvalue weighted by molar-refractivity contribution is 5.75. The molecule has 1 unspecified atom stereocenters. The number of aliphatic hydroxyl groups excluding tert-OH is 1. The molecule has 0 spiro atoms. The molecule has 2 aromatic rings. The Morgan fingerprint density at radius 3 is 2.52 bits per heavy atom. The second-order valence-electron chi connectivity index (χ2n) is 5.57. The summed E-state index contributed by atoms with van der Waals surface area (Å²) in [5.41, 5.74) is 1.42. The van der Waals surface area contributed by atoms with Crippen molar-refractivity contribution >= 4 is 5.91 Å². The first-order valence-electron chi connectivity index (χ1n) is 7.94. The van der Waals surface area contributed by atoms with Gasteiger partial charge in [0.15, 0.2) is 0 Å². The molecule has 0 radical (unpaired) electrons. The van der Waals surface area contributed by atoms with E-state index < -0.39 is 6.10 Å². The average Bonchev–Trinajstić information content (AvgIpc) is 2.65. The SMILES string of the molecule is COc1ccc(C(O)CCC(=O)NCc2ccc(F)cc2)c(OC)c1. The minimum absolute atomic E-state index is 0.164. The molecule has 5 nitrogen and oxygen atoms in total. The standard InChI is InChI=1S/C19H22FNO4/c1-24-15-7-8-16(18(11-15)25-2)17(22)9-10-19(23)21-12-13-3-5-14(20)6-4-13/h3-8,11,17,22H,9-10,12H2,1-2H3,(H,21,23). The van der Waals surface area contributed by atoms with Gasteiger partial charge in [-0.05, 0) is 36.2 Å². The largest absolute Gasteiger partial charge is 0.497 e. The fourth-order valence-electron chi connectivity index (χ4n) is 2.41. The molecule has 0 bridgehead atoms. The van der Waals surface area contributed by atoms with E-state index >= 15 is 0 Å². The number of carbonyl (C=O) groups is 1. The Balaban J connectivity index is 1.85. The predicted octanol–water partition coefficient (Wildman–Crippen LogP) is 2.97. The molecular weight excluding hydrogens is 325 g/mol. The van der Waals surface area contributed by atoms with E-state index in [-0.39, 0.29) is 24.6 Å². The van der Waals surface area contributed by atoms with E-state index in [0.717, 1.165) is 5.56 Å². The van der Waals surface area contributed by atoms with E-state index in [1.165, 1.54) is 19.2 Å². The average molecular weight is 347 g/mol. The maximum Gasteiger partial charge on any atom is 0.220 e. The predicted molar refractivity (Wildman–Crippen MR) is 92.0 cm³/mol. The van der Waals surface area contributed by atoms with Crippen LogP contribution in [0.2, 0.25) is 0 Å². The van der Waals surface area contributed by atoms with Crippen LogP contribution in [0.4, 0.5) is 4.39 Å². The fourth-order valence-corrected chi connectivity index (χ4v) is 2.41. The van der Waals surface area contributed by atoms with Gasteiger partial charge in [0, 0.05) is 24.6 Å². The zero-order valence-electron chi connectivity index (χ0n) is 14.3. The van der Waals surface area contributed by atoms with Crippen molar-refractivity contribution in [3.05, 3.63) is 59.4 Å². The van der Waals surface area contributed by atoms with Gasteiger partial charge in [0.2, 0.25) is 5.91 Å². The maximum atomic E-state index is 12.8. The van der Waals surface area contributed by atoms with E-state index in [4.69, 9.17) is 9.47 Å². The summed E-state index contributed by atoms with van der Waals surface area (Å²) >= 11 is 0. The van der Waals surface area contributed by atoms with Gasteiger partial charge in [0.1, 0.15) is 17.3 Å². The number of rotatable bonds is 8. The second kappa shape index (κ2) is 9.03. The number of hydrogen-bond donors (Lipinski definition) is 2. The van der Waals surface area contributed by atoms with Crippen molar-refractivity contribution in [2.45, 2.75) is 25.5 Å². The van der Waals surface area contributed by atoms with Gasteiger partial charge >= 0.3 is 0 Å². The molecule has 0 aliphatic carbocycles. The normalized spacial score (nSPS) is 11.7. The molecule has 0 fully saturated rings. The molecule has 0 saturated carbocycles. The molecule has 0 aliphatic rings. The number of aliphatic hydroxyl groups is 1. The topological polar surface area (TPSA) is 67.8 Å². The van der Waals surface area contributed by atoms with Crippen LogP contribution in [-0.2, 0) is 11.3 Å². The molecule has 25 heavy (non-hydrogen) atoms. The Labute approximate surface area is 146 Å². The third-order valence-corrected chi connectivity index (χ3v) is 3.85. The summed E-state index contributed by atoms with van der Waals surface area (Å²) in [6.07, 6.45) is -0.396. The van der Waals surface area contributed by atoms with Crippen LogP contribution in [-0.4, -0.2) is 25.2 Å². The maximum absolute atomic E-state index is 12.8. The zero-order valence-corrected chi connectivity index (χ0v) is 14.3. The second-order valence-corrected chi connectivity index (χ2v) is 5.57. The van der Waals surface area contributed by atoms with E-state index in [1.807, 2.05) is 0 Å². The molecule has 0 heterocycles. The highest BCUT2D eigenvalue weighted by Crippen LogP contribution is 2.31. The van der Waals surface area contributed by atoms with Crippen LogP contribution in [0, 0.1) is 5.82 Å². The van der Waals surface area contributed by atoms with Crippen molar-refractivity contribution in [3.8, 4) is 11.5 Å². The third kappa shape index (κ3) is 5.46. The molecule has 1 atom stereocenters. The minimum atomic E-state index is -0.822. The van der Waals surface area contributed by atoms with Gasteiger partial charge in [0.25, 0.3) is 0 Å². The summed E-state index contributed by atoms with van der Waals surface area (Å²) in [6.45, 7) is 0.321. The summed E-state index contributed by atoms with van der Waals surface area (Å²) in [5.74, 6) is 0.644. The van der Waals surface area contributed by atoms with E-state index in [2.05, 4.69) is 5.32 Å².